The summed E-state index contributed by atoms with van der Waals surface area (Å²) in [6.45, 7) is 3.56. The van der Waals surface area contributed by atoms with Crippen molar-refractivity contribution in [3.63, 3.8) is 0 Å². The molecule has 1 N–H and O–H groups in total. The van der Waals surface area contributed by atoms with Gasteiger partial charge in [0.2, 0.25) is 0 Å². The number of methoxy groups -OCH3 is 2. The molecule has 96 valence electrons. The quantitative estimate of drug-likeness (QED) is 0.903. The molecule has 0 saturated heterocycles. The highest BCUT2D eigenvalue weighted by molar-refractivity contribution is 5.94. The Morgan fingerprint density at radius 2 is 2.00 bits per heavy atom. The number of nitrogens with one attached hydrogen (secondary N) is 1. The van der Waals surface area contributed by atoms with E-state index in [1.165, 1.54) is 0 Å². The van der Waals surface area contributed by atoms with Crippen molar-refractivity contribution in [1.29, 1.82) is 0 Å². The fourth-order valence-electron chi connectivity index (χ4n) is 2.18. The maximum absolute atomic E-state index is 11.3. The molecule has 0 spiro atoms. The van der Waals surface area contributed by atoms with Crippen LogP contribution in [0.3, 0.4) is 0 Å². The highest BCUT2D eigenvalue weighted by Crippen LogP contribution is 2.34. The third kappa shape index (κ3) is 2.06. The van der Waals surface area contributed by atoms with Gasteiger partial charge in [-0.25, -0.2) is 0 Å². The molecule has 1 aromatic heterocycles. The molecule has 1 heterocycles. The van der Waals surface area contributed by atoms with Crippen molar-refractivity contribution < 1.29 is 14.3 Å². The number of aryl methyl sites for hydroxylation is 1. The van der Waals surface area contributed by atoms with E-state index in [4.69, 9.17) is 9.47 Å². The summed E-state index contributed by atoms with van der Waals surface area (Å²) in [5, 5.41) is 0.985. The molecule has 0 atom stereocenters. The summed E-state index contributed by atoms with van der Waals surface area (Å²) >= 11 is 0. The van der Waals surface area contributed by atoms with Crippen molar-refractivity contribution in [2.24, 2.45) is 0 Å². The minimum absolute atomic E-state index is 0.140. The average Bonchev–Trinajstić information content (AvgIpc) is 2.64. The van der Waals surface area contributed by atoms with Gasteiger partial charge in [-0.05, 0) is 25.5 Å². The molecule has 4 nitrogen and oxygen atoms in total. The van der Waals surface area contributed by atoms with Gasteiger partial charge in [0.1, 0.15) is 17.3 Å². The molecular formula is C14H17NO3. The number of aromatic nitrogens is 1. The van der Waals surface area contributed by atoms with Gasteiger partial charge in [-0.15, -0.1) is 0 Å². The van der Waals surface area contributed by atoms with E-state index < -0.39 is 0 Å². The van der Waals surface area contributed by atoms with Crippen LogP contribution >= 0.6 is 0 Å². The third-order valence-electron chi connectivity index (χ3n) is 3.05. The van der Waals surface area contributed by atoms with Gasteiger partial charge in [-0.2, -0.15) is 0 Å². The Bertz CT molecular complexity index is 599. The summed E-state index contributed by atoms with van der Waals surface area (Å²) in [7, 11) is 3.24. The average molecular weight is 247 g/mol. The Morgan fingerprint density at radius 3 is 2.56 bits per heavy atom. The predicted octanol–water partition coefficient (Wildman–Crippen LogP) is 2.63. The lowest BCUT2D eigenvalue weighted by Gasteiger charge is -2.06. The van der Waals surface area contributed by atoms with Gasteiger partial charge in [0, 0.05) is 23.6 Å². The van der Waals surface area contributed by atoms with Crippen molar-refractivity contribution in [2.45, 2.75) is 20.3 Å². The van der Waals surface area contributed by atoms with Crippen LogP contribution in [0.4, 0.5) is 0 Å². The molecule has 1 aromatic carbocycles. The number of rotatable bonds is 4. The van der Waals surface area contributed by atoms with Crippen molar-refractivity contribution in [2.75, 3.05) is 14.2 Å². The molecule has 0 amide bonds. The molecular weight excluding hydrogens is 230 g/mol. The summed E-state index contributed by atoms with van der Waals surface area (Å²) in [6.07, 6.45) is 0.419. The molecule has 0 aliphatic rings. The summed E-state index contributed by atoms with van der Waals surface area (Å²) in [6, 6.07) is 3.76. The highest BCUT2D eigenvalue weighted by atomic mass is 16.5. The van der Waals surface area contributed by atoms with E-state index in [9.17, 15) is 4.79 Å². The van der Waals surface area contributed by atoms with Gasteiger partial charge in [0.05, 0.1) is 19.7 Å². The van der Waals surface area contributed by atoms with Crippen molar-refractivity contribution in [3.8, 4) is 11.5 Å². The minimum Gasteiger partial charge on any atom is -0.497 e. The van der Waals surface area contributed by atoms with Crippen LogP contribution in [0.1, 0.15) is 18.2 Å². The molecule has 2 rings (SSSR count). The lowest BCUT2D eigenvalue weighted by Crippen LogP contribution is -1.97. The van der Waals surface area contributed by atoms with Gasteiger partial charge >= 0.3 is 0 Å². The number of benzene rings is 1. The molecule has 0 aliphatic carbocycles. The predicted molar refractivity (Wildman–Crippen MR) is 70.5 cm³/mol. The number of Topliss-reactive ketones (excluding diaryl/α,β-unsaturated/α-hetero) is 1. The minimum atomic E-state index is 0.140. The highest BCUT2D eigenvalue weighted by Gasteiger charge is 2.15. The molecule has 0 unspecified atom stereocenters. The Labute approximate surface area is 106 Å². The summed E-state index contributed by atoms with van der Waals surface area (Å²) in [5.74, 6) is 1.59. The molecule has 18 heavy (non-hydrogen) atoms. The number of hydrogen-bond acceptors (Lipinski definition) is 3. The smallest absolute Gasteiger partial charge is 0.146 e. The van der Waals surface area contributed by atoms with Crippen LogP contribution in [0.2, 0.25) is 0 Å². The number of carbonyl (C=O) groups is 1. The van der Waals surface area contributed by atoms with Crippen molar-refractivity contribution >= 4 is 16.7 Å². The van der Waals surface area contributed by atoms with E-state index in [-0.39, 0.29) is 5.78 Å². The van der Waals surface area contributed by atoms with Crippen LogP contribution < -0.4 is 9.47 Å². The van der Waals surface area contributed by atoms with Crippen molar-refractivity contribution in [1.82, 2.24) is 4.98 Å². The molecule has 0 bridgehead atoms. The second-order valence-electron chi connectivity index (χ2n) is 4.36. The maximum atomic E-state index is 11.3. The van der Waals surface area contributed by atoms with E-state index in [1.54, 1.807) is 21.1 Å². The second kappa shape index (κ2) is 4.72. The largest absolute Gasteiger partial charge is 0.497 e. The third-order valence-corrected chi connectivity index (χ3v) is 3.05. The number of ketones is 1. The zero-order valence-electron chi connectivity index (χ0n) is 11.1. The van der Waals surface area contributed by atoms with Gasteiger partial charge < -0.3 is 14.5 Å². The van der Waals surface area contributed by atoms with E-state index in [2.05, 4.69) is 4.98 Å². The molecule has 4 heteroatoms. The van der Waals surface area contributed by atoms with Crippen molar-refractivity contribution in [3.05, 3.63) is 23.4 Å². The van der Waals surface area contributed by atoms with E-state index in [1.807, 2.05) is 19.1 Å². The summed E-state index contributed by atoms with van der Waals surface area (Å²) < 4.78 is 10.6. The first kappa shape index (κ1) is 12.5. The molecule has 0 radical (unpaired) electrons. The Kier molecular flexibility index (Phi) is 3.28. The van der Waals surface area contributed by atoms with Gasteiger partial charge in [-0.3, -0.25) is 4.79 Å². The molecule has 0 saturated carbocycles. The first-order valence-electron chi connectivity index (χ1n) is 5.79. The molecule has 0 aliphatic heterocycles. The number of fused-ring (bicyclic) bond motifs is 1. The van der Waals surface area contributed by atoms with Gasteiger partial charge in [0.15, 0.2) is 0 Å². The zero-order chi connectivity index (χ0) is 13.3. The van der Waals surface area contributed by atoms with Crippen LogP contribution in [0.5, 0.6) is 11.5 Å². The lowest BCUT2D eigenvalue weighted by atomic mass is 10.1. The van der Waals surface area contributed by atoms with Crippen LogP contribution in [0.25, 0.3) is 10.9 Å². The van der Waals surface area contributed by atoms with Gasteiger partial charge in [-0.1, -0.05) is 0 Å². The number of ether oxygens (including phenoxy) is 2. The monoisotopic (exact) mass is 247 g/mol. The maximum Gasteiger partial charge on any atom is 0.146 e. The fourth-order valence-corrected chi connectivity index (χ4v) is 2.18. The Balaban J connectivity index is 2.71. The second-order valence-corrected chi connectivity index (χ2v) is 4.36. The number of carbonyl (C=O) groups excluding carboxylic acids is 1. The van der Waals surface area contributed by atoms with E-state index in [0.29, 0.717) is 6.42 Å². The summed E-state index contributed by atoms with van der Waals surface area (Å²) in [5.41, 5.74) is 2.91. The Hall–Kier alpha value is -1.97. The van der Waals surface area contributed by atoms with Crippen LogP contribution in [0.15, 0.2) is 12.1 Å². The number of aromatic amines is 1. The normalized spacial score (nSPS) is 10.7. The topological polar surface area (TPSA) is 51.3 Å². The molecule has 2 aromatic rings. The lowest BCUT2D eigenvalue weighted by molar-refractivity contribution is -0.116. The first-order valence-corrected chi connectivity index (χ1v) is 5.79. The van der Waals surface area contributed by atoms with Crippen LogP contribution in [0, 0.1) is 6.92 Å². The zero-order valence-corrected chi connectivity index (χ0v) is 11.1. The first-order chi connectivity index (χ1) is 8.56. The van der Waals surface area contributed by atoms with Crippen LogP contribution in [-0.2, 0) is 11.2 Å². The summed E-state index contributed by atoms with van der Waals surface area (Å²) in [4.78, 5) is 14.6. The standard InChI is InChI=1S/C14H17NO3/c1-8(16)5-11-9(2)15-14-12(11)6-10(17-3)7-13(14)18-4/h6-7,15H,5H2,1-4H3. The fraction of sp³-hybridized carbons (Fsp3) is 0.357. The van der Waals surface area contributed by atoms with Crippen LogP contribution in [-0.4, -0.2) is 25.0 Å². The molecule has 0 fully saturated rings. The number of hydrogen-bond donors (Lipinski definition) is 1. The van der Waals surface area contributed by atoms with Gasteiger partial charge in [0.25, 0.3) is 0 Å². The van der Waals surface area contributed by atoms with E-state index >= 15 is 0 Å². The number of H-pyrrole nitrogens is 1. The van der Waals surface area contributed by atoms with E-state index in [0.717, 1.165) is 33.7 Å². The Morgan fingerprint density at radius 1 is 1.28 bits per heavy atom. The SMILES string of the molecule is COc1cc(OC)c2[nH]c(C)c(CC(C)=O)c2c1.